The fourth-order valence-corrected chi connectivity index (χ4v) is 3.34. The molecule has 2 heterocycles. The van der Waals surface area contributed by atoms with Crippen LogP contribution in [0.4, 0.5) is 0 Å². The van der Waals surface area contributed by atoms with Crippen LogP contribution in [-0.4, -0.2) is 35.4 Å². The maximum atomic E-state index is 12.6. The van der Waals surface area contributed by atoms with Crippen LogP contribution in [0.1, 0.15) is 23.8 Å². The number of carbonyl (C=O) groups is 2. The standard InChI is InChI=1S/C19H18Cl2N2O4/c1-23-16(14-5-3-9-27-14)15(17(24)19(23)26)18(25)22-8-2-4-11-6-7-12(20)13(21)10-11/h3,5-7,9-10,16,24H,2,4,8H2,1H3,(H,22,25). The first-order chi connectivity index (χ1) is 12.9. The third kappa shape index (κ3) is 3.96. The summed E-state index contributed by atoms with van der Waals surface area (Å²) in [6.45, 7) is 0.374. The van der Waals surface area contributed by atoms with Crippen molar-refractivity contribution in [2.45, 2.75) is 18.9 Å². The fourth-order valence-electron chi connectivity index (χ4n) is 3.02. The van der Waals surface area contributed by atoms with Gasteiger partial charge < -0.3 is 19.7 Å². The van der Waals surface area contributed by atoms with E-state index in [1.807, 2.05) is 6.07 Å². The Balaban J connectivity index is 1.62. The molecule has 0 fully saturated rings. The lowest BCUT2D eigenvalue weighted by Gasteiger charge is -2.20. The molecule has 27 heavy (non-hydrogen) atoms. The molecular weight excluding hydrogens is 391 g/mol. The maximum Gasteiger partial charge on any atom is 0.289 e. The number of benzene rings is 1. The second-order valence-electron chi connectivity index (χ2n) is 6.20. The molecule has 1 aliphatic heterocycles. The first-order valence-electron chi connectivity index (χ1n) is 8.36. The minimum absolute atomic E-state index is 0.00742. The van der Waals surface area contributed by atoms with E-state index in [4.69, 9.17) is 27.6 Å². The molecule has 1 aromatic heterocycles. The van der Waals surface area contributed by atoms with Crippen LogP contribution in [0.25, 0.3) is 0 Å². The van der Waals surface area contributed by atoms with E-state index in [1.54, 1.807) is 24.3 Å². The van der Waals surface area contributed by atoms with Crippen LogP contribution in [0.5, 0.6) is 0 Å². The number of nitrogens with one attached hydrogen (secondary N) is 1. The van der Waals surface area contributed by atoms with E-state index in [1.165, 1.54) is 18.2 Å². The molecule has 2 aromatic rings. The number of aliphatic hydroxyl groups is 1. The van der Waals surface area contributed by atoms with Crippen molar-refractivity contribution in [1.29, 1.82) is 0 Å². The van der Waals surface area contributed by atoms with E-state index in [0.717, 1.165) is 5.56 Å². The number of carbonyl (C=O) groups excluding carboxylic acids is 2. The molecule has 6 nitrogen and oxygen atoms in total. The SMILES string of the molecule is CN1C(=O)C(O)=C(C(=O)NCCCc2ccc(Cl)c(Cl)c2)C1c1ccco1. The predicted octanol–water partition coefficient (Wildman–Crippen LogP) is 3.66. The Labute approximate surface area is 166 Å². The number of amides is 2. The molecule has 2 amide bonds. The minimum Gasteiger partial charge on any atom is -0.503 e. The number of rotatable bonds is 6. The molecule has 0 saturated heterocycles. The monoisotopic (exact) mass is 408 g/mol. The van der Waals surface area contributed by atoms with Crippen molar-refractivity contribution in [2.75, 3.05) is 13.6 Å². The minimum atomic E-state index is -0.748. The highest BCUT2D eigenvalue weighted by Crippen LogP contribution is 2.36. The molecular formula is C19H18Cl2N2O4. The normalized spacial score (nSPS) is 16.9. The molecule has 1 atom stereocenters. The lowest BCUT2D eigenvalue weighted by molar-refractivity contribution is -0.128. The van der Waals surface area contributed by atoms with Crippen LogP contribution in [0.15, 0.2) is 52.3 Å². The number of aryl methyl sites for hydroxylation is 1. The summed E-state index contributed by atoms with van der Waals surface area (Å²) in [5.74, 6) is -1.25. The average molecular weight is 409 g/mol. The van der Waals surface area contributed by atoms with Crippen LogP contribution in [-0.2, 0) is 16.0 Å². The van der Waals surface area contributed by atoms with Crippen molar-refractivity contribution in [3.63, 3.8) is 0 Å². The molecule has 3 rings (SSSR count). The van der Waals surface area contributed by atoms with Gasteiger partial charge >= 0.3 is 0 Å². The highest BCUT2D eigenvalue weighted by molar-refractivity contribution is 6.42. The molecule has 1 aliphatic rings. The zero-order valence-electron chi connectivity index (χ0n) is 14.5. The van der Waals surface area contributed by atoms with E-state index in [9.17, 15) is 14.7 Å². The number of nitrogens with zero attached hydrogens (tertiary/aromatic N) is 1. The van der Waals surface area contributed by atoms with Gasteiger partial charge in [-0.05, 0) is 42.7 Å². The van der Waals surface area contributed by atoms with Gasteiger partial charge in [0, 0.05) is 13.6 Å². The zero-order chi connectivity index (χ0) is 19.6. The first-order valence-corrected chi connectivity index (χ1v) is 9.11. The van der Waals surface area contributed by atoms with Crippen molar-refractivity contribution in [3.05, 3.63) is 69.3 Å². The van der Waals surface area contributed by atoms with Gasteiger partial charge in [-0.15, -0.1) is 0 Å². The number of halogens is 2. The quantitative estimate of drug-likeness (QED) is 0.714. The number of hydrogen-bond donors (Lipinski definition) is 2. The summed E-state index contributed by atoms with van der Waals surface area (Å²) >= 11 is 11.9. The zero-order valence-corrected chi connectivity index (χ0v) is 16.0. The molecule has 1 aromatic carbocycles. The molecule has 0 bridgehead atoms. The smallest absolute Gasteiger partial charge is 0.289 e. The molecule has 142 valence electrons. The Morgan fingerprint density at radius 1 is 1.30 bits per heavy atom. The van der Waals surface area contributed by atoms with Crippen molar-refractivity contribution >= 4 is 35.0 Å². The van der Waals surface area contributed by atoms with Crippen LogP contribution < -0.4 is 5.32 Å². The van der Waals surface area contributed by atoms with Crippen LogP contribution in [0.3, 0.4) is 0 Å². The van der Waals surface area contributed by atoms with Crippen LogP contribution in [0, 0.1) is 0 Å². The largest absolute Gasteiger partial charge is 0.503 e. The highest BCUT2D eigenvalue weighted by Gasteiger charge is 2.43. The molecule has 1 unspecified atom stereocenters. The molecule has 0 radical (unpaired) electrons. The summed E-state index contributed by atoms with van der Waals surface area (Å²) in [5, 5.41) is 13.8. The Morgan fingerprint density at radius 2 is 2.07 bits per heavy atom. The van der Waals surface area contributed by atoms with E-state index in [2.05, 4.69) is 5.32 Å². The fraction of sp³-hybridized carbons (Fsp3) is 0.263. The van der Waals surface area contributed by atoms with E-state index < -0.39 is 23.6 Å². The Kier molecular flexibility index (Phi) is 5.77. The number of hydrogen-bond acceptors (Lipinski definition) is 4. The predicted molar refractivity (Wildman–Crippen MR) is 102 cm³/mol. The summed E-state index contributed by atoms with van der Waals surface area (Å²) < 4.78 is 5.33. The average Bonchev–Trinajstić information content (AvgIpc) is 3.24. The Hall–Kier alpha value is -2.44. The van der Waals surface area contributed by atoms with Crippen molar-refractivity contribution < 1.29 is 19.1 Å². The lowest BCUT2D eigenvalue weighted by atomic mass is 10.0. The Morgan fingerprint density at radius 3 is 2.74 bits per heavy atom. The van der Waals surface area contributed by atoms with Gasteiger partial charge in [-0.2, -0.15) is 0 Å². The van der Waals surface area contributed by atoms with Crippen LogP contribution >= 0.6 is 23.2 Å². The van der Waals surface area contributed by atoms with E-state index >= 15 is 0 Å². The van der Waals surface area contributed by atoms with E-state index in [0.29, 0.717) is 35.2 Å². The number of likely N-dealkylation sites (N-methyl/N-ethyl adjacent to an activating group) is 1. The maximum absolute atomic E-state index is 12.6. The van der Waals surface area contributed by atoms with Crippen LogP contribution in [0.2, 0.25) is 10.0 Å². The second-order valence-corrected chi connectivity index (χ2v) is 7.02. The molecule has 0 spiro atoms. The lowest BCUT2D eigenvalue weighted by Crippen LogP contribution is -2.31. The molecule has 0 saturated carbocycles. The molecule has 0 aliphatic carbocycles. The summed E-state index contributed by atoms with van der Waals surface area (Å²) in [6, 6.07) is 7.97. The number of aliphatic hydroxyl groups excluding tert-OH is 1. The van der Waals surface area contributed by atoms with Gasteiger partial charge in [0.1, 0.15) is 11.8 Å². The van der Waals surface area contributed by atoms with Gasteiger partial charge in [-0.25, -0.2) is 0 Å². The summed E-state index contributed by atoms with van der Waals surface area (Å²) in [5.41, 5.74) is 0.997. The van der Waals surface area contributed by atoms with Gasteiger partial charge in [-0.3, -0.25) is 9.59 Å². The summed E-state index contributed by atoms with van der Waals surface area (Å²) in [4.78, 5) is 25.9. The molecule has 8 heteroatoms. The first kappa shape index (κ1) is 19.3. The van der Waals surface area contributed by atoms with Gasteiger partial charge in [-0.1, -0.05) is 29.3 Å². The molecule has 2 N–H and O–H groups in total. The van der Waals surface area contributed by atoms with Gasteiger partial charge in [0.2, 0.25) is 0 Å². The van der Waals surface area contributed by atoms with Gasteiger partial charge in [0.05, 0.1) is 21.9 Å². The van der Waals surface area contributed by atoms with Gasteiger partial charge in [0.15, 0.2) is 5.76 Å². The third-order valence-corrected chi connectivity index (χ3v) is 5.15. The third-order valence-electron chi connectivity index (χ3n) is 4.41. The van der Waals surface area contributed by atoms with Crippen molar-refractivity contribution in [2.24, 2.45) is 0 Å². The van der Waals surface area contributed by atoms with Gasteiger partial charge in [0.25, 0.3) is 11.8 Å². The highest BCUT2D eigenvalue weighted by atomic mass is 35.5. The van der Waals surface area contributed by atoms with Crippen molar-refractivity contribution in [3.8, 4) is 0 Å². The van der Waals surface area contributed by atoms with E-state index in [-0.39, 0.29) is 5.57 Å². The summed E-state index contributed by atoms with van der Waals surface area (Å²) in [7, 11) is 1.51. The second kappa shape index (κ2) is 8.06. The topological polar surface area (TPSA) is 82.8 Å². The number of furan rings is 1. The Bertz CT molecular complexity index is 893. The summed E-state index contributed by atoms with van der Waals surface area (Å²) in [6.07, 6.45) is 2.81. The van der Waals surface area contributed by atoms with Crippen molar-refractivity contribution in [1.82, 2.24) is 10.2 Å².